The molecule has 0 bridgehead atoms. The van der Waals surface area contributed by atoms with Crippen molar-refractivity contribution in [2.75, 3.05) is 18.1 Å². The Bertz CT molecular complexity index is 1400. The summed E-state index contributed by atoms with van der Waals surface area (Å²) in [5, 5.41) is 10.2. The first-order chi connectivity index (χ1) is 16.3. The average molecular weight is 474 g/mol. The number of rotatable bonds is 5. The van der Waals surface area contributed by atoms with Crippen molar-refractivity contribution in [3.8, 4) is 11.1 Å². The lowest BCUT2D eigenvalue weighted by atomic mass is 9.98. The quantitative estimate of drug-likeness (QED) is 0.414. The maximum Gasteiger partial charge on any atom is 0.416 e. The Labute approximate surface area is 200 Å². The van der Waals surface area contributed by atoms with E-state index in [0.717, 1.165) is 42.4 Å². The third-order valence-electron chi connectivity index (χ3n) is 6.23. The molecule has 1 amide bonds. The smallest absolute Gasteiger partial charge is 0.416 e. The van der Waals surface area contributed by atoms with E-state index in [1.165, 1.54) is 11.3 Å². The third kappa shape index (κ3) is 3.70. The Balaban J connectivity index is 1.49. The maximum absolute atomic E-state index is 13.3. The second kappa shape index (κ2) is 8.53. The van der Waals surface area contributed by atoms with Gasteiger partial charge in [0.25, 0.3) is 0 Å². The van der Waals surface area contributed by atoms with Crippen molar-refractivity contribution < 1.29 is 19.4 Å². The highest BCUT2D eigenvalue weighted by atomic mass is 32.1. The van der Waals surface area contributed by atoms with Crippen LogP contribution in [0.4, 0.5) is 10.6 Å². The monoisotopic (exact) mass is 473 g/mol. The number of nitrogens with zero attached hydrogens (tertiary/aromatic N) is 3. The van der Waals surface area contributed by atoms with Gasteiger partial charge in [-0.2, -0.15) is 0 Å². The Hall–Kier alpha value is -3.78. The summed E-state index contributed by atoms with van der Waals surface area (Å²) in [6.45, 7) is 5.15. The highest BCUT2D eigenvalue weighted by molar-refractivity contribution is 7.18. The number of carbonyl (C=O) groups excluding carboxylic acids is 1. The van der Waals surface area contributed by atoms with Crippen molar-refractivity contribution in [1.82, 2.24) is 9.97 Å². The number of carbonyl (C=O) groups is 2. The molecule has 7 nitrogen and oxygen atoms in total. The van der Waals surface area contributed by atoms with Gasteiger partial charge < -0.3 is 9.84 Å². The predicted octanol–water partition coefficient (Wildman–Crippen LogP) is 5.46. The molecule has 34 heavy (non-hydrogen) atoms. The molecule has 0 unspecified atom stereocenters. The molecule has 8 heteroatoms. The fourth-order valence-electron chi connectivity index (χ4n) is 4.56. The first kappa shape index (κ1) is 22.0. The summed E-state index contributed by atoms with van der Waals surface area (Å²) in [6, 6.07) is 16.1. The van der Waals surface area contributed by atoms with Gasteiger partial charge >= 0.3 is 12.1 Å². The first-order valence-corrected chi connectivity index (χ1v) is 11.8. The van der Waals surface area contributed by atoms with Gasteiger partial charge in [-0.1, -0.05) is 48.5 Å². The molecule has 4 aromatic rings. The number of carboxylic acid groups (broad SMARTS) is 1. The number of aliphatic carboxylic acids is 1. The summed E-state index contributed by atoms with van der Waals surface area (Å²) in [6.07, 6.45) is -0.744. The molecule has 0 atom stereocenters. The van der Waals surface area contributed by atoms with E-state index in [0.29, 0.717) is 11.2 Å². The van der Waals surface area contributed by atoms with Gasteiger partial charge in [0.2, 0.25) is 0 Å². The molecule has 2 heterocycles. The molecule has 0 radical (unpaired) electrons. The van der Waals surface area contributed by atoms with Crippen LogP contribution in [0.2, 0.25) is 0 Å². The number of aryl methyl sites for hydroxylation is 3. The van der Waals surface area contributed by atoms with Crippen LogP contribution in [0.5, 0.6) is 0 Å². The average Bonchev–Trinajstić information content (AvgIpc) is 3.29. The molecule has 0 aliphatic heterocycles. The fraction of sp³-hybridized carbons (Fsp3) is 0.231. The molecular weight excluding hydrogens is 450 g/mol. The summed E-state index contributed by atoms with van der Waals surface area (Å²) >= 11 is 1.50. The molecule has 172 valence electrons. The molecular formula is C26H23N3O4S. The van der Waals surface area contributed by atoms with Gasteiger partial charge in [0, 0.05) is 10.8 Å². The summed E-state index contributed by atoms with van der Waals surface area (Å²) in [7, 11) is 0. The van der Waals surface area contributed by atoms with E-state index in [4.69, 9.17) is 4.74 Å². The van der Waals surface area contributed by atoms with Gasteiger partial charge in [-0.05, 0) is 48.6 Å². The van der Waals surface area contributed by atoms with Crippen LogP contribution in [-0.4, -0.2) is 40.3 Å². The number of ether oxygens (including phenoxy) is 1. The molecule has 0 saturated heterocycles. The SMILES string of the molecule is Cc1nc(N(CC(=O)O)C(=O)OCC2c3ccccc3-c3ccccc32)c2c(C)c(C)sc2n1. The largest absolute Gasteiger partial charge is 0.480 e. The van der Waals surface area contributed by atoms with Crippen LogP contribution in [-0.2, 0) is 9.53 Å². The van der Waals surface area contributed by atoms with Gasteiger partial charge in [0.15, 0.2) is 5.82 Å². The van der Waals surface area contributed by atoms with Gasteiger partial charge in [-0.15, -0.1) is 11.3 Å². The van der Waals surface area contributed by atoms with E-state index in [-0.39, 0.29) is 18.3 Å². The second-order valence-electron chi connectivity index (χ2n) is 8.34. The Morgan fingerprint density at radius 3 is 2.24 bits per heavy atom. The number of anilines is 1. The zero-order valence-electron chi connectivity index (χ0n) is 19.0. The Morgan fingerprint density at radius 1 is 1.00 bits per heavy atom. The third-order valence-corrected chi connectivity index (χ3v) is 7.33. The van der Waals surface area contributed by atoms with Crippen molar-refractivity contribution >= 4 is 39.4 Å². The number of thiophene rings is 1. The van der Waals surface area contributed by atoms with Gasteiger partial charge in [0.1, 0.15) is 23.8 Å². The predicted molar refractivity (Wildman–Crippen MR) is 132 cm³/mol. The first-order valence-electron chi connectivity index (χ1n) is 10.9. The lowest BCUT2D eigenvalue weighted by molar-refractivity contribution is -0.135. The molecule has 1 N–H and O–H groups in total. The van der Waals surface area contributed by atoms with Crippen LogP contribution in [0, 0.1) is 20.8 Å². The lowest BCUT2D eigenvalue weighted by Crippen LogP contribution is -2.37. The normalized spacial score (nSPS) is 12.4. The molecule has 0 fully saturated rings. The van der Waals surface area contributed by atoms with Crippen LogP contribution >= 0.6 is 11.3 Å². The minimum absolute atomic E-state index is 0.0951. The number of hydrogen-bond donors (Lipinski definition) is 1. The number of benzene rings is 2. The van der Waals surface area contributed by atoms with Crippen molar-refractivity contribution in [2.24, 2.45) is 0 Å². The van der Waals surface area contributed by atoms with Crippen LogP contribution in [0.1, 0.15) is 33.3 Å². The maximum atomic E-state index is 13.3. The van der Waals surface area contributed by atoms with Crippen molar-refractivity contribution in [3.05, 3.63) is 75.9 Å². The second-order valence-corrected chi connectivity index (χ2v) is 9.54. The van der Waals surface area contributed by atoms with Crippen molar-refractivity contribution in [1.29, 1.82) is 0 Å². The highest BCUT2D eigenvalue weighted by Gasteiger charge is 2.31. The van der Waals surface area contributed by atoms with Crippen LogP contribution in [0.25, 0.3) is 21.3 Å². The number of carboxylic acids is 1. The van der Waals surface area contributed by atoms with Gasteiger partial charge in [-0.3, -0.25) is 4.79 Å². The number of aromatic nitrogens is 2. The summed E-state index contributed by atoms with van der Waals surface area (Å²) in [5.41, 5.74) is 5.35. The highest BCUT2D eigenvalue weighted by Crippen LogP contribution is 2.44. The van der Waals surface area contributed by atoms with Crippen LogP contribution < -0.4 is 4.90 Å². The van der Waals surface area contributed by atoms with Gasteiger partial charge in [0.05, 0.1) is 5.39 Å². The Morgan fingerprint density at radius 2 is 1.62 bits per heavy atom. The van der Waals surface area contributed by atoms with E-state index in [1.807, 2.05) is 50.2 Å². The van der Waals surface area contributed by atoms with E-state index in [2.05, 4.69) is 22.1 Å². The summed E-state index contributed by atoms with van der Waals surface area (Å²) < 4.78 is 5.76. The minimum atomic E-state index is -1.15. The molecule has 2 aromatic carbocycles. The van der Waals surface area contributed by atoms with Crippen LogP contribution in [0.15, 0.2) is 48.5 Å². The van der Waals surface area contributed by atoms with Crippen molar-refractivity contribution in [3.63, 3.8) is 0 Å². The number of fused-ring (bicyclic) bond motifs is 4. The topological polar surface area (TPSA) is 92.6 Å². The number of hydrogen-bond acceptors (Lipinski definition) is 6. The minimum Gasteiger partial charge on any atom is -0.480 e. The van der Waals surface area contributed by atoms with E-state index in [9.17, 15) is 14.7 Å². The molecule has 0 saturated carbocycles. The standard InChI is InChI=1S/C26H23N3O4S/c1-14-15(2)34-25-23(14)24(27-16(3)28-25)29(12-22(30)31)26(32)33-13-21-19-10-6-4-8-17(19)18-9-5-7-11-20(18)21/h4-11,21H,12-13H2,1-3H3,(H,30,31). The van der Waals surface area contributed by atoms with Crippen molar-refractivity contribution in [2.45, 2.75) is 26.7 Å². The fourth-order valence-corrected chi connectivity index (χ4v) is 5.63. The zero-order valence-corrected chi connectivity index (χ0v) is 19.8. The van der Waals surface area contributed by atoms with E-state index in [1.54, 1.807) is 6.92 Å². The van der Waals surface area contributed by atoms with E-state index >= 15 is 0 Å². The Kier molecular flexibility index (Phi) is 5.53. The molecule has 0 spiro atoms. The lowest BCUT2D eigenvalue weighted by Gasteiger charge is -2.22. The molecule has 1 aliphatic carbocycles. The van der Waals surface area contributed by atoms with E-state index < -0.39 is 18.6 Å². The molecule has 1 aliphatic rings. The summed E-state index contributed by atoms with van der Waals surface area (Å²) in [5.74, 6) is -0.544. The van der Waals surface area contributed by atoms with Gasteiger partial charge in [-0.25, -0.2) is 19.7 Å². The zero-order chi connectivity index (χ0) is 24.0. The number of amides is 1. The molecule has 2 aromatic heterocycles. The van der Waals surface area contributed by atoms with Crippen LogP contribution in [0.3, 0.4) is 0 Å². The molecule has 5 rings (SSSR count). The summed E-state index contributed by atoms with van der Waals surface area (Å²) in [4.78, 5) is 36.8.